The van der Waals surface area contributed by atoms with Gasteiger partial charge in [-0.15, -0.1) is 0 Å². The second-order valence-electron chi connectivity index (χ2n) is 5.45. The second-order valence-corrected chi connectivity index (χ2v) is 5.45. The van der Waals surface area contributed by atoms with Gasteiger partial charge < -0.3 is 11.5 Å². The predicted octanol–water partition coefficient (Wildman–Crippen LogP) is 1.99. The largest absolute Gasteiger partial charge is 0.399 e. The van der Waals surface area contributed by atoms with Crippen molar-refractivity contribution >= 4 is 11.6 Å². The van der Waals surface area contributed by atoms with Gasteiger partial charge in [-0.2, -0.15) is 0 Å². The van der Waals surface area contributed by atoms with Gasteiger partial charge in [-0.25, -0.2) is 0 Å². The van der Waals surface area contributed by atoms with E-state index >= 15 is 0 Å². The number of hydrogen-bond acceptors (Lipinski definition) is 3. The Balaban J connectivity index is 2.53. The van der Waals surface area contributed by atoms with Crippen molar-refractivity contribution in [2.24, 2.45) is 11.7 Å². The molecule has 4 nitrogen and oxygen atoms in total. The average Bonchev–Trinajstić information content (AvgIpc) is 2.30. The van der Waals surface area contributed by atoms with Crippen LogP contribution in [0.25, 0.3) is 0 Å². The fraction of sp³-hybridized carbons (Fsp3) is 0.533. The molecule has 0 aliphatic rings. The Kier molecular flexibility index (Phi) is 6.36. The lowest BCUT2D eigenvalue weighted by Gasteiger charge is -2.21. The van der Waals surface area contributed by atoms with Gasteiger partial charge in [0, 0.05) is 12.2 Å². The van der Waals surface area contributed by atoms with Crippen LogP contribution in [-0.2, 0) is 11.3 Å². The van der Waals surface area contributed by atoms with E-state index in [1.54, 1.807) is 0 Å². The summed E-state index contributed by atoms with van der Waals surface area (Å²) in [5.41, 5.74) is 12.9. The number of nitrogen functional groups attached to an aromatic ring is 1. The molecule has 0 fully saturated rings. The number of benzene rings is 1. The molecular formula is C15H25N3O. The van der Waals surface area contributed by atoms with E-state index in [1.165, 1.54) is 0 Å². The molecule has 0 aliphatic carbocycles. The molecule has 4 heteroatoms. The van der Waals surface area contributed by atoms with E-state index in [2.05, 4.69) is 18.7 Å². The Morgan fingerprint density at radius 3 is 2.42 bits per heavy atom. The molecule has 4 N–H and O–H groups in total. The fourth-order valence-corrected chi connectivity index (χ4v) is 2.04. The lowest BCUT2D eigenvalue weighted by atomic mass is 10.1. The van der Waals surface area contributed by atoms with Crippen molar-refractivity contribution in [2.45, 2.75) is 33.2 Å². The zero-order valence-corrected chi connectivity index (χ0v) is 11.9. The standard InChI is InChI=1S/C15H25N3O/c1-12(2)4-3-9-18(11-15(17)19)10-13-5-7-14(16)8-6-13/h5-8,12H,3-4,9-11,16H2,1-2H3,(H2,17,19). The van der Waals surface area contributed by atoms with E-state index in [1.807, 2.05) is 24.3 Å². The Morgan fingerprint density at radius 1 is 1.26 bits per heavy atom. The molecule has 0 radical (unpaired) electrons. The summed E-state index contributed by atoms with van der Waals surface area (Å²) in [7, 11) is 0. The summed E-state index contributed by atoms with van der Waals surface area (Å²) in [5, 5.41) is 0. The number of carbonyl (C=O) groups is 1. The Morgan fingerprint density at radius 2 is 1.89 bits per heavy atom. The number of amides is 1. The van der Waals surface area contributed by atoms with Gasteiger partial charge in [0.1, 0.15) is 0 Å². The normalized spacial score (nSPS) is 11.2. The van der Waals surface area contributed by atoms with Gasteiger partial charge >= 0.3 is 0 Å². The molecule has 0 atom stereocenters. The molecule has 1 aromatic rings. The molecule has 0 saturated heterocycles. The van der Waals surface area contributed by atoms with Crippen LogP contribution in [0.15, 0.2) is 24.3 Å². The number of nitrogens with zero attached hydrogens (tertiary/aromatic N) is 1. The van der Waals surface area contributed by atoms with Crippen molar-refractivity contribution in [2.75, 3.05) is 18.8 Å². The van der Waals surface area contributed by atoms with Crippen molar-refractivity contribution in [3.05, 3.63) is 29.8 Å². The number of primary amides is 1. The molecule has 1 rings (SSSR count). The number of hydrogen-bond donors (Lipinski definition) is 2. The van der Waals surface area contributed by atoms with Crippen molar-refractivity contribution in [1.82, 2.24) is 4.90 Å². The molecule has 1 amide bonds. The summed E-state index contributed by atoms with van der Waals surface area (Å²) in [6.45, 7) is 6.35. The highest BCUT2D eigenvalue weighted by Gasteiger charge is 2.09. The van der Waals surface area contributed by atoms with Crippen LogP contribution < -0.4 is 11.5 Å². The minimum atomic E-state index is -0.278. The fourth-order valence-electron chi connectivity index (χ4n) is 2.04. The molecule has 19 heavy (non-hydrogen) atoms. The third-order valence-corrected chi connectivity index (χ3v) is 3.02. The highest BCUT2D eigenvalue weighted by atomic mass is 16.1. The van der Waals surface area contributed by atoms with Crippen LogP contribution in [0.3, 0.4) is 0 Å². The molecule has 0 aliphatic heterocycles. The molecule has 0 saturated carbocycles. The number of carbonyl (C=O) groups excluding carboxylic acids is 1. The van der Waals surface area contributed by atoms with Crippen molar-refractivity contribution in [3.8, 4) is 0 Å². The first-order valence-corrected chi connectivity index (χ1v) is 6.82. The zero-order chi connectivity index (χ0) is 14.3. The zero-order valence-electron chi connectivity index (χ0n) is 11.9. The monoisotopic (exact) mass is 263 g/mol. The molecule has 0 spiro atoms. The van der Waals surface area contributed by atoms with Crippen LogP contribution in [0.4, 0.5) is 5.69 Å². The van der Waals surface area contributed by atoms with E-state index in [4.69, 9.17) is 11.5 Å². The molecule has 0 unspecified atom stereocenters. The van der Waals surface area contributed by atoms with Crippen molar-refractivity contribution < 1.29 is 4.79 Å². The van der Waals surface area contributed by atoms with Gasteiger partial charge in [-0.1, -0.05) is 26.0 Å². The van der Waals surface area contributed by atoms with E-state index in [-0.39, 0.29) is 5.91 Å². The van der Waals surface area contributed by atoms with Crippen LogP contribution in [0.1, 0.15) is 32.3 Å². The maximum absolute atomic E-state index is 11.1. The van der Waals surface area contributed by atoms with Gasteiger partial charge in [0.25, 0.3) is 0 Å². The summed E-state index contributed by atoms with van der Waals surface area (Å²) in [4.78, 5) is 13.2. The van der Waals surface area contributed by atoms with E-state index in [9.17, 15) is 4.79 Å². The van der Waals surface area contributed by atoms with Gasteiger partial charge in [-0.3, -0.25) is 9.69 Å². The quantitative estimate of drug-likeness (QED) is 0.705. The smallest absolute Gasteiger partial charge is 0.231 e. The van der Waals surface area contributed by atoms with Crippen LogP contribution in [0.2, 0.25) is 0 Å². The van der Waals surface area contributed by atoms with Crippen LogP contribution in [0.5, 0.6) is 0 Å². The minimum absolute atomic E-state index is 0.278. The third kappa shape index (κ3) is 6.82. The first-order valence-electron chi connectivity index (χ1n) is 6.82. The predicted molar refractivity (Wildman–Crippen MR) is 79.4 cm³/mol. The molecule has 1 aromatic carbocycles. The number of anilines is 1. The summed E-state index contributed by atoms with van der Waals surface area (Å²) >= 11 is 0. The molecule has 106 valence electrons. The van der Waals surface area contributed by atoms with Gasteiger partial charge in [-0.05, 0) is 43.0 Å². The first kappa shape index (κ1) is 15.5. The van der Waals surface area contributed by atoms with Crippen LogP contribution in [0, 0.1) is 5.92 Å². The minimum Gasteiger partial charge on any atom is -0.399 e. The maximum Gasteiger partial charge on any atom is 0.231 e. The summed E-state index contributed by atoms with van der Waals surface area (Å²) in [6, 6.07) is 7.75. The summed E-state index contributed by atoms with van der Waals surface area (Å²) < 4.78 is 0. The molecule has 0 heterocycles. The summed E-state index contributed by atoms with van der Waals surface area (Å²) in [6.07, 6.45) is 2.25. The highest BCUT2D eigenvalue weighted by Crippen LogP contribution is 2.10. The number of nitrogens with two attached hydrogens (primary N) is 2. The molecule has 0 bridgehead atoms. The van der Waals surface area contributed by atoms with E-state index in [0.29, 0.717) is 12.5 Å². The Hall–Kier alpha value is -1.55. The number of rotatable bonds is 8. The van der Waals surface area contributed by atoms with E-state index in [0.717, 1.165) is 37.2 Å². The summed E-state index contributed by atoms with van der Waals surface area (Å²) in [5.74, 6) is 0.409. The van der Waals surface area contributed by atoms with Crippen molar-refractivity contribution in [3.63, 3.8) is 0 Å². The molecular weight excluding hydrogens is 238 g/mol. The maximum atomic E-state index is 11.1. The lowest BCUT2D eigenvalue weighted by Crippen LogP contribution is -2.34. The van der Waals surface area contributed by atoms with Crippen LogP contribution >= 0.6 is 0 Å². The SMILES string of the molecule is CC(C)CCCN(CC(N)=O)Cc1ccc(N)cc1. The topological polar surface area (TPSA) is 72.3 Å². The average molecular weight is 263 g/mol. The van der Waals surface area contributed by atoms with Gasteiger partial charge in [0.05, 0.1) is 6.54 Å². The lowest BCUT2D eigenvalue weighted by molar-refractivity contribution is -0.119. The second kappa shape index (κ2) is 7.79. The third-order valence-electron chi connectivity index (χ3n) is 3.02. The van der Waals surface area contributed by atoms with E-state index < -0.39 is 0 Å². The molecule has 0 aromatic heterocycles. The Labute approximate surface area is 115 Å². The van der Waals surface area contributed by atoms with Crippen molar-refractivity contribution in [1.29, 1.82) is 0 Å². The van der Waals surface area contributed by atoms with Gasteiger partial charge in [0.15, 0.2) is 0 Å². The van der Waals surface area contributed by atoms with Gasteiger partial charge in [0.2, 0.25) is 5.91 Å². The Bertz CT molecular complexity index is 387. The first-order chi connectivity index (χ1) is 8.97. The highest BCUT2D eigenvalue weighted by molar-refractivity contribution is 5.75. The van der Waals surface area contributed by atoms with Crippen LogP contribution in [-0.4, -0.2) is 23.9 Å².